The minimum absolute atomic E-state index is 0.0714. The van der Waals surface area contributed by atoms with Crippen molar-refractivity contribution in [2.75, 3.05) is 39.8 Å². The highest BCUT2D eigenvalue weighted by atomic mass is 35.5. The zero-order chi connectivity index (χ0) is 27.7. The van der Waals surface area contributed by atoms with Crippen LogP contribution in [-0.2, 0) is 0 Å². The summed E-state index contributed by atoms with van der Waals surface area (Å²) in [6.45, 7) is 5.81. The van der Waals surface area contributed by atoms with Gasteiger partial charge in [0.15, 0.2) is 0 Å². The SMILES string of the molecule is CN(CC(CC[N+]12CCC(C3CCCCC3)(CC1)CC2)c1ccc(Cl)c(Cl)c1)C(=O)c1cccc2ccccc12. The molecule has 3 aromatic carbocycles. The number of hydrogen-bond donors (Lipinski definition) is 0. The van der Waals surface area contributed by atoms with Crippen molar-refractivity contribution in [1.82, 2.24) is 4.90 Å². The van der Waals surface area contributed by atoms with E-state index in [1.54, 1.807) is 0 Å². The fourth-order valence-corrected chi connectivity index (χ4v) is 8.65. The minimum atomic E-state index is 0.0714. The van der Waals surface area contributed by atoms with Gasteiger partial charge in [-0.3, -0.25) is 4.79 Å². The number of fused-ring (bicyclic) bond motifs is 4. The minimum Gasteiger partial charge on any atom is -0.341 e. The molecular formula is C35H43Cl2N2O+. The van der Waals surface area contributed by atoms with Crippen molar-refractivity contribution >= 4 is 39.9 Å². The maximum Gasteiger partial charge on any atom is 0.254 e. The van der Waals surface area contributed by atoms with Crippen molar-refractivity contribution in [1.29, 1.82) is 0 Å². The lowest BCUT2D eigenvalue weighted by Crippen LogP contribution is -2.63. The molecule has 5 heteroatoms. The molecule has 0 N–H and O–H groups in total. The zero-order valence-electron chi connectivity index (χ0n) is 23.9. The summed E-state index contributed by atoms with van der Waals surface area (Å²) >= 11 is 12.8. The van der Waals surface area contributed by atoms with Crippen molar-refractivity contribution in [2.45, 2.75) is 63.7 Å². The molecular weight excluding hydrogens is 535 g/mol. The summed E-state index contributed by atoms with van der Waals surface area (Å²) < 4.78 is 1.26. The molecule has 3 nitrogen and oxygen atoms in total. The molecule has 40 heavy (non-hydrogen) atoms. The number of nitrogens with zero attached hydrogens (tertiary/aromatic N) is 2. The van der Waals surface area contributed by atoms with Gasteiger partial charge in [0.05, 0.1) is 36.2 Å². The Bertz CT molecular complexity index is 1330. The lowest BCUT2D eigenvalue weighted by atomic mass is 9.59. The van der Waals surface area contributed by atoms with Crippen LogP contribution in [0.2, 0.25) is 10.0 Å². The Labute approximate surface area is 250 Å². The van der Waals surface area contributed by atoms with Crippen LogP contribution in [-0.4, -0.2) is 55.1 Å². The van der Waals surface area contributed by atoms with Crippen LogP contribution in [0.5, 0.6) is 0 Å². The highest BCUT2D eigenvalue weighted by Gasteiger charge is 2.52. The highest BCUT2D eigenvalue weighted by Crippen LogP contribution is 2.53. The van der Waals surface area contributed by atoms with E-state index >= 15 is 0 Å². The number of hydrogen-bond acceptors (Lipinski definition) is 1. The number of piperidine rings is 3. The molecule has 3 aliphatic heterocycles. The Morgan fingerprint density at radius 1 is 0.925 bits per heavy atom. The largest absolute Gasteiger partial charge is 0.341 e. The molecule has 4 fully saturated rings. The van der Waals surface area contributed by atoms with Gasteiger partial charge >= 0.3 is 0 Å². The van der Waals surface area contributed by atoms with E-state index in [9.17, 15) is 4.79 Å². The van der Waals surface area contributed by atoms with Crippen molar-refractivity contribution in [2.24, 2.45) is 11.3 Å². The molecule has 0 radical (unpaired) electrons. The third kappa shape index (κ3) is 5.54. The molecule has 1 unspecified atom stereocenters. The van der Waals surface area contributed by atoms with E-state index in [0.717, 1.165) is 28.7 Å². The van der Waals surface area contributed by atoms with Gasteiger partial charge in [0.1, 0.15) is 0 Å². The second-order valence-corrected chi connectivity index (χ2v) is 13.9. The molecule has 2 bridgehead atoms. The first kappa shape index (κ1) is 28.1. The Kier molecular flexibility index (Phi) is 8.19. The summed E-state index contributed by atoms with van der Waals surface area (Å²) in [5.41, 5.74) is 2.58. The molecule has 3 aromatic rings. The standard InChI is InChI=1S/C35H43Cl2N2O/c1-38(34(40)31-13-7-9-26-8-5-6-12-30(26)31)25-28(27-14-15-32(36)33(37)24-27)16-20-39-21-17-35(18-22-39,19-23-39)29-10-3-2-4-11-29/h5-9,12-15,24,28-29H,2-4,10-11,16-23,25H2,1H3/q+1. The van der Waals surface area contributed by atoms with Crippen LogP contribution in [0.1, 0.15) is 79.6 Å². The van der Waals surface area contributed by atoms with Gasteiger partial charge < -0.3 is 9.38 Å². The smallest absolute Gasteiger partial charge is 0.254 e. The third-order valence-corrected chi connectivity index (χ3v) is 11.7. The number of halogens is 2. The van der Waals surface area contributed by atoms with Crippen LogP contribution in [0.25, 0.3) is 10.8 Å². The Hall–Kier alpha value is -2.07. The average molecular weight is 579 g/mol. The van der Waals surface area contributed by atoms with E-state index in [1.165, 1.54) is 87.6 Å². The quantitative estimate of drug-likeness (QED) is 0.244. The van der Waals surface area contributed by atoms with E-state index in [1.807, 2.05) is 54.4 Å². The topological polar surface area (TPSA) is 20.3 Å². The van der Waals surface area contributed by atoms with Crippen molar-refractivity contribution in [3.63, 3.8) is 0 Å². The van der Waals surface area contributed by atoms with E-state index in [4.69, 9.17) is 23.2 Å². The highest BCUT2D eigenvalue weighted by molar-refractivity contribution is 6.42. The monoisotopic (exact) mass is 577 g/mol. The lowest BCUT2D eigenvalue weighted by Gasteiger charge is -2.58. The molecule has 4 aliphatic rings. The first-order valence-electron chi connectivity index (χ1n) is 15.4. The van der Waals surface area contributed by atoms with Gasteiger partial charge in [-0.15, -0.1) is 0 Å². The second-order valence-electron chi connectivity index (χ2n) is 13.1. The molecule has 1 amide bonds. The number of amides is 1. The predicted octanol–water partition coefficient (Wildman–Crippen LogP) is 8.97. The molecule has 0 spiro atoms. The summed E-state index contributed by atoms with van der Waals surface area (Å²) in [7, 11) is 1.95. The Morgan fingerprint density at radius 3 is 2.35 bits per heavy atom. The Morgan fingerprint density at radius 2 is 1.62 bits per heavy atom. The fourth-order valence-electron chi connectivity index (χ4n) is 8.34. The van der Waals surface area contributed by atoms with Gasteiger partial charge in [-0.2, -0.15) is 0 Å². The number of carbonyl (C=O) groups excluding carboxylic acids is 1. The van der Waals surface area contributed by atoms with Gasteiger partial charge in [-0.1, -0.05) is 84.9 Å². The number of quaternary nitrogens is 1. The van der Waals surface area contributed by atoms with Gasteiger partial charge in [-0.05, 0) is 58.7 Å². The summed E-state index contributed by atoms with van der Waals surface area (Å²) in [6, 6.07) is 20.2. The van der Waals surface area contributed by atoms with Crippen molar-refractivity contribution < 1.29 is 9.28 Å². The second kappa shape index (κ2) is 11.7. The van der Waals surface area contributed by atoms with Gasteiger partial charge in [0.25, 0.3) is 5.91 Å². The molecule has 3 heterocycles. The normalized spacial score (nSPS) is 25.7. The summed E-state index contributed by atoms with van der Waals surface area (Å²) in [6.07, 6.45) is 12.6. The van der Waals surface area contributed by atoms with Crippen LogP contribution in [0.15, 0.2) is 60.7 Å². The molecule has 0 aromatic heterocycles. The third-order valence-electron chi connectivity index (χ3n) is 11.0. The van der Waals surface area contributed by atoms with E-state index in [-0.39, 0.29) is 11.8 Å². The average Bonchev–Trinajstić information content (AvgIpc) is 3.01. The summed E-state index contributed by atoms with van der Waals surface area (Å²) in [4.78, 5) is 15.7. The maximum absolute atomic E-state index is 13.7. The summed E-state index contributed by atoms with van der Waals surface area (Å²) in [5, 5.41) is 3.28. The van der Waals surface area contributed by atoms with E-state index < -0.39 is 0 Å². The fraction of sp³-hybridized carbons (Fsp3) is 0.514. The van der Waals surface area contributed by atoms with Crippen molar-refractivity contribution in [3.8, 4) is 0 Å². The molecule has 1 saturated carbocycles. The maximum atomic E-state index is 13.7. The molecule has 7 rings (SSSR count). The number of likely N-dealkylation sites (N-methyl/N-ethyl adjacent to an activating group) is 1. The van der Waals surface area contributed by atoms with E-state index in [2.05, 4.69) is 18.2 Å². The van der Waals surface area contributed by atoms with Crippen LogP contribution in [0, 0.1) is 11.3 Å². The van der Waals surface area contributed by atoms with Crippen LogP contribution in [0.4, 0.5) is 0 Å². The Balaban J connectivity index is 1.18. The predicted molar refractivity (Wildman–Crippen MR) is 167 cm³/mol. The van der Waals surface area contributed by atoms with Crippen LogP contribution in [0.3, 0.4) is 0 Å². The van der Waals surface area contributed by atoms with Crippen molar-refractivity contribution in [3.05, 3.63) is 81.8 Å². The molecule has 1 aliphatic carbocycles. The number of benzene rings is 3. The first-order chi connectivity index (χ1) is 19.4. The lowest BCUT2D eigenvalue weighted by molar-refractivity contribution is -0.946. The summed E-state index contributed by atoms with van der Waals surface area (Å²) in [5.74, 6) is 1.25. The van der Waals surface area contributed by atoms with Crippen LogP contribution < -0.4 is 0 Å². The first-order valence-corrected chi connectivity index (χ1v) is 16.2. The molecule has 1 atom stereocenters. The van der Waals surface area contributed by atoms with Crippen LogP contribution >= 0.6 is 23.2 Å². The van der Waals surface area contributed by atoms with E-state index in [0.29, 0.717) is 22.0 Å². The zero-order valence-corrected chi connectivity index (χ0v) is 25.4. The number of rotatable bonds is 8. The number of carbonyl (C=O) groups is 1. The van der Waals surface area contributed by atoms with Gasteiger partial charge in [0, 0.05) is 50.8 Å². The van der Waals surface area contributed by atoms with Gasteiger partial charge in [-0.25, -0.2) is 0 Å². The van der Waals surface area contributed by atoms with Gasteiger partial charge in [0.2, 0.25) is 0 Å². The molecule has 212 valence electrons. The molecule has 3 saturated heterocycles.